The summed E-state index contributed by atoms with van der Waals surface area (Å²) >= 11 is 6.27. The molecule has 2 aromatic carbocycles. The van der Waals surface area contributed by atoms with Crippen LogP contribution < -0.4 is 14.8 Å². The van der Waals surface area contributed by atoms with Crippen molar-refractivity contribution in [1.29, 1.82) is 0 Å². The number of amides is 1. The Morgan fingerprint density at radius 1 is 1.03 bits per heavy atom. The largest absolute Gasteiger partial charge is 0.493 e. The van der Waals surface area contributed by atoms with Gasteiger partial charge in [0, 0.05) is 31.1 Å². The number of methoxy groups -OCH3 is 2. The van der Waals surface area contributed by atoms with Crippen molar-refractivity contribution in [3.05, 3.63) is 46.5 Å². The van der Waals surface area contributed by atoms with Crippen LogP contribution in [0.2, 0.25) is 5.02 Å². The summed E-state index contributed by atoms with van der Waals surface area (Å²) in [6.45, 7) is 0.605. The van der Waals surface area contributed by atoms with Crippen LogP contribution in [-0.2, 0) is 27.7 Å². The van der Waals surface area contributed by atoms with E-state index in [0.29, 0.717) is 53.0 Å². The van der Waals surface area contributed by atoms with Crippen molar-refractivity contribution < 1.29 is 22.7 Å². The molecule has 4 rings (SSSR count). The van der Waals surface area contributed by atoms with Gasteiger partial charge in [-0.2, -0.15) is 4.31 Å². The highest BCUT2D eigenvalue weighted by Gasteiger charge is 2.33. The van der Waals surface area contributed by atoms with E-state index in [1.54, 1.807) is 18.2 Å². The zero-order valence-corrected chi connectivity index (χ0v) is 19.8. The van der Waals surface area contributed by atoms with Crippen molar-refractivity contribution in [2.45, 2.75) is 37.0 Å². The summed E-state index contributed by atoms with van der Waals surface area (Å²) in [6, 6.07) is 8.66. The molecule has 172 valence electrons. The summed E-state index contributed by atoms with van der Waals surface area (Å²) in [7, 11) is -0.546. The average Bonchev–Trinajstić information content (AvgIpc) is 3.28. The summed E-state index contributed by atoms with van der Waals surface area (Å²) in [5, 5.41) is 3.19. The molecule has 0 atom stereocenters. The first-order valence-electron chi connectivity index (χ1n) is 10.7. The van der Waals surface area contributed by atoms with Crippen LogP contribution in [0, 0.1) is 5.92 Å². The number of nitrogens with one attached hydrogen (secondary N) is 1. The molecule has 32 heavy (non-hydrogen) atoms. The minimum Gasteiger partial charge on any atom is -0.493 e. The highest BCUT2D eigenvalue weighted by molar-refractivity contribution is 7.89. The van der Waals surface area contributed by atoms with Gasteiger partial charge >= 0.3 is 0 Å². The summed E-state index contributed by atoms with van der Waals surface area (Å²) in [5.74, 6) is 0.447. The van der Waals surface area contributed by atoms with E-state index in [1.807, 2.05) is 12.1 Å². The molecular formula is C23H27ClN2O5S. The third-order valence-corrected chi connectivity index (χ3v) is 8.47. The molecule has 0 spiro atoms. The van der Waals surface area contributed by atoms with Gasteiger partial charge in [0.05, 0.1) is 29.8 Å². The normalized spacial score (nSPS) is 17.1. The first-order chi connectivity index (χ1) is 15.3. The van der Waals surface area contributed by atoms with E-state index in [4.69, 9.17) is 21.1 Å². The summed E-state index contributed by atoms with van der Waals surface area (Å²) < 4.78 is 38.2. The van der Waals surface area contributed by atoms with Crippen LogP contribution in [0.5, 0.6) is 11.5 Å². The molecule has 0 radical (unpaired) electrons. The van der Waals surface area contributed by atoms with Crippen molar-refractivity contribution in [2.24, 2.45) is 5.92 Å². The summed E-state index contributed by atoms with van der Waals surface area (Å²) in [5.41, 5.74) is 2.81. The molecule has 2 aliphatic rings. The van der Waals surface area contributed by atoms with Crippen LogP contribution >= 0.6 is 11.6 Å². The van der Waals surface area contributed by atoms with E-state index < -0.39 is 10.0 Å². The van der Waals surface area contributed by atoms with Gasteiger partial charge in [-0.15, -0.1) is 0 Å². The molecule has 1 heterocycles. The lowest BCUT2D eigenvalue weighted by atomic mass is 9.97. The highest BCUT2D eigenvalue weighted by Crippen LogP contribution is 2.36. The lowest BCUT2D eigenvalue weighted by Crippen LogP contribution is -2.41. The Kier molecular flexibility index (Phi) is 6.65. The van der Waals surface area contributed by atoms with E-state index in [2.05, 4.69) is 5.32 Å². The van der Waals surface area contributed by atoms with Gasteiger partial charge in [-0.05, 0) is 55.4 Å². The van der Waals surface area contributed by atoms with Gasteiger partial charge in [-0.3, -0.25) is 4.79 Å². The molecule has 2 aromatic rings. The van der Waals surface area contributed by atoms with Crippen molar-refractivity contribution in [1.82, 2.24) is 4.31 Å². The number of halogens is 1. The first-order valence-corrected chi connectivity index (χ1v) is 12.5. The maximum Gasteiger partial charge on any atom is 0.243 e. The molecule has 9 heteroatoms. The Balaban J connectivity index is 1.41. The lowest BCUT2D eigenvalue weighted by molar-refractivity contribution is -0.120. The second-order valence-corrected chi connectivity index (χ2v) is 10.5. The number of ether oxygens (including phenoxy) is 2. The number of nitrogens with zero attached hydrogens (tertiary/aromatic N) is 1. The highest BCUT2D eigenvalue weighted by atomic mass is 35.5. The Hall–Kier alpha value is -2.29. The zero-order valence-electron chi connectivity index (χ0n) is 18.2. The molecule has 0 aromatic heterocycles. The molecule has 0 bridgehead atoms. The third-order valence-electron chi connectivity index (χ3n) is 6.26. The van der Waals surface area contributed by atoms with Gasteiger partial charge in [0.1, 0.15) is 0 Å². The van der Waals surface area contributed by atoms with Crippen LogP contribution in [-0.4, -0.2) is 45.9 Å². The molecule has 0 saturated carbocycles. The topological polar surface area (TPSA) is 84.9 Å². The maximum absolute atomic E-state index is 13.1. The number of carbonyl (C=O) groups is 1. The minimum atomic E-state index is -3.56. The standard InChI is InChI=1S/C23H27ClN2O5S/c1-30-21-13-19(24)20(14-22(21)31-2)25-23(27)16-8-10-26(11-9-16)32(28,29)18-7-6-15-4-3-5-17(15)12-18/h6-7,12-14,16H,3-5,8-11H2,1-2H3,(H,25,27). The minimum absolute atomic E-state index is 0.186. The average molecular weight is 479 g/mol. The molecule has 1 N–H and O–H groups in total. The zero-order chi connectivity index (χ0) is 22.9. The van der Waals surface area contributed by atoms with Gasteiger partial charge in [0.15, 0.2) is 11.5 Å². The van der Waals surface area contributed by atoms with Crippen molar-refractivity contribution in [3.8, 4) is 11.5 Å². The predicted molar refractivity (Wildman–Crippen MR) is 123 cm³/mol. The Bertz CT molecular complexity index is 1130. The van der Waals surface area contributed by atoms with Crippen LogP contribution in [0.1, 0.15) is 30.4 Å². The lowest BCUT2D eigenvalue weighted by Gasteiger charge is -2.30. The van der Waals surface area contributed by atoms with Crippen molar-refractivity contribution >= 4 is 33.2 Å². The van der Waals surface area contributed by atoms with Gasteiger partial charge in [0.25, 0.3) is 0 Å². The third kappa shape index (κ3) is 4.44. The molecule has 0 unspecified atom stereocenters. The molecule has 1 fully saturated rings. The number of anilines is 1. The Labute approximate surface area is 193 Å². The van der Waals surface area contributed by atoms with Crippen molar-refractivity contribution in [2.75, 3.05) is 32.6 Å². The molecular weight excluding hydrogens is 452 g/mol. The number of hydrogen-bond acceptors (Lipinski definition) is 5. The van der Waals surface area contributed by atoms with Crippen LogP contribution in [0.25, 0.3) is 0 Å². The van der Waals surface area contributed by atoms with Crippen LogP contribution in [0.4, 0.5) is 5.69 Å². The number of piperidine rings is 1. The number of hydrogen-bond donors (Lipinski definition) is 1. The van der Waals surface area contributed by atoms with Gasteiger partial charge in [-0.1, -0.05) is 17.7 Å². The number of fused-ring (bicyclic) bond motifs is 1. The first kappa shape index (κ1) is 22.9. The Morgan fingerprint density at radius 2 is 1.69 bits per heavy atom. The quantitative estimate of drug-likeness (QED) is 0.681. The van der Waals surface area contributed by atoms with E-state index in [9.17, 15) is 13.2 Å². The summed E-state index contributed by atoms with van der Waals surface area (Å²) in [6.07, 6.45) is 3.91. The molecule has 7 nitrogen and oxygen atoms in total. The number of carbonyl (C=O) groups excluding carboxylic acids is 1. The van der Waals surface area contributed by atoms with E-state index >= 15 is 0 Å². The number of rotatable bonds is 6. The van der Waals surface area contributed by atoms with Gasteiger partial charge in [0.2, 0.25) is 15.9 Å². The second-order valence-electron chi connectivity index (χ2n) is 8.14. The monoisotopic (exact) mass is 478 g/mol. The fourth-order valence-electron chi connectivity index (χ4n) is 4.40. The van der Waals surface area contributed by atoms with E-state index in [-0.39, 0.29) is 11.8 Å². The Morgan fingerprint density at radius 3 is 2.38 bits per heavy atom. The second kappa shape index (κ2) is 9.29. The molecule has 1 aliphatic heterocycles. The molecule has 1 aliphatic carbocycles. The SMILES string of the molecule is COc1cc(Cl)c(NC(=O)C2CCN(S(=O)(=O)c3ccc4c(c3)CCC4)CC2)cc1OC. The van der Waals surface area contributed by atoms with Gasteiger partial charge in [-0.25, -0.2) is 8.42 Å². The van der Waals surface area contributed by atoms with Crippen molar-refractivity contribution in [3.63, 3.8) is 0 Å². The van der Waals surface area contributed by atoms with E-state index in [0.717, 1.165) is 24.8 Å². The summed E-state index contributed by atoms with van der Waals surface area (Å²) in [4.78, 5) is 13.2. The smallest absolute Gasteiger partial charge is 0.243 e. The number of sulfonamides is 1. The van der Waals surface area contributed by atoms with E-state index in [1.165, 1.54) is 24.1 Å². The molecule has 1 amide bonds. The number of benzene rings is 2. The maximum atomic E-state index is 13.1. The fourth-order valence-corrected chi connectivity index (χ4v) is 6.12. The predicted octanol–water partition coefficient (Wildman–Crippen LogP) is 3.89. The fraction of sp³-hybridized carbons (Fsp3) is 0.435. The van der Waals surface area contributed by atoms with Crippen LogP contribution in [0.15, 0.2) is 35.2 Å². The van der Waals surface area contributed by atoms with Gasteiger partial charge < -0.3 is 14.8 Å². The number of aryl methyl sites for hydroxylation is 2. The van der Waals surface area contributed by atoms with Crippen LogP contribution in [0.3, 0.4) is 0 Å². The molecule has 1 saturated heterocycles.